The van der Waals surface area contributed by atoms with Crippen LogP contribution in [0.5, 0.6) is 0 Å². The number of hydrogen-bond acceptors (Lipinski definition) is 6. The molecule has 0 spiro atoms. The Balaban J connectivity index is 1.90. The number of ether oxygens (including phenoxy) is 1. The predicted octanol–water partition coefficient (Wildman–Crippen LogP) is 0.955. The van der Waals surface area contributed by atoms with Crippen molar-refractivity contribution >= 4 is 0 Å². The zero-order valence-corrected chi connectivity index (χ0v) is 15.3. The van der Waals surface area contributed by atoms with Crippen molar-refractivity contribution in [1.29, 1.82) is 0 Å². The van der Waals surface area contributed by atoms with Crippen molar-refractivity contribution in [3.8, 4) is 11.1 Å². The van der Waals surface area contributed by atoms with E-state index in [1.807, 2.05) is 0 Å². The summed E-state index contributed by atoms with van der Waals surface area (Å²) >= 11 is 0. The first-order chi connectivity index (χ1) is 13.6. The summed E-state index contributed by atoms with van der Waals surface area (Å²) in [5.74, 6) is -4.23. The van der Waals surface area contributed by atoms with Gasteiger partial charge in [0.1, 0.15) is 36.6 Å². The lowest BCUT2D eigenvalue weighted by Gasteiger charge is -2.42. The van der Waals surface area contributed by atoms with Gasteiger partial charge in [0.05, 0.1) is 6.61 Å². The normalized spacial score (nSPS) is 28.4. The van der Waals surface area contributed by atoms with Crippen LogP contribution in [0.25, 0.3) is 11.1 Å². The fraction of sp³-hybridized carbons (Fsp3) is 0.400. The molecule has 1 aliphatic rings. The van der Waals surface area contributed by atoms with Crippen molar-refractivity contribution in [2.75, 3.05) is 6.61 Å². The van der Waals surface area contributed by atoms with Crippen molar-refractivity contribution in [3.05, 3.63) is 58.9 Å². The molecule has 2 aromatic rings. The Labute approximate surface area is 164 Å². The van der Waals surface area contributed by atoms with Gasteiger partial charge < -0.3 is 30.3 Å². The Morgan fingerprint density at radius 2 is 1.55 bits per heavy atom. The molecule has 0 radical (unpaired) electrons. The topological polar surface area (TPSA) is 110 Å². The third kappa shape index (κ3) is 4.02. The highest BCUT2D eigenvalue weighted by atomic mass is 19.2. The molecule has 0 amide bonds. The van der Waals surface area contributed by atoms with Crippen molar-refractivity contribution < 1.29 is 43.4 Å². The van der Waals surface area contributed by atoms with E-state index in [0.717, 1.165) is 12.1 Å². The minimum absolute atomic E-state index is 0.0957. The van der Waals surface area contributed by atoms with Gasteiger partial charge in [0, 0.05) is 0 Å². The highest BCUT2D eigenvalue weighted by molar-refractivity contribution is 5.65. The van der Waals surface area contributed by atoms with Gasteiger partial charge in [-0.05, 0) is 41.3 Å². The predicted molar refractivity (Wildman–Crippen MR) is 95.2 cm³/mol. The van der Waals surface area contributed by atoms with E-state index in [1.165, 1.54) is 18.2 Å². The van der Waals surface area contributed by atoms with Crippen LogP contribution < -0.4 is 0 Å². The fourth-order valence-corrected chi connectivity index (χ4v) is 3.48. The number of rotatable bonds is 4. The maximum Gasteiger partial charge on any atom is 0.194 e. The van der Waals surface area contributed by atoms with Crippen LogP contribution in [0.3, 0.4) is 0 Å². The lowest BCUT2D eigenvalue weighted by Crippen LogP contribution is -2.59. The smallest absolute Gasteiger partial charge is 0.194 e. The third-order valence-electron chi connectivity index (χ3n) is 5.15. The first kappa shape index (κ1) is 21.7. The molecule has 1 heterocycles. The summed E-state index contributed by atoms with van der Waals surface area (Å²) in [5.41, 5.74) is 1.22. The molecule has 0 aliphatic carbocycles. The highest BCUT2D eigenvalue weighted by Gasteiger charge is 2.46. The molecular weight excluding hydrogens is 393 g/mol. The summed E-state index contributed by atoms with van der Waals surface area (Å²) in [6.45, 7) is 0.968. The molecule has 1 unspecified atom stereocenters. The zero-order valence-electron chi connectivity index (χ0n) is 15.3. The minimum atomic E-state index is -1.63. The summed E-state index contributed by atoms with van der Waals surface area (Å²) in [5, 5.41) is 49.8. The number of hydrogen-bond donors (Lipinski definition) is 5. The second-order valence-electron chi connectivity index (χ2n) is 7.06. The zero-order chi connectivity index (χ0) is 21.5. The monoisotopic (exact) mass is 414 g/mol. The lowest BCUT2D eigenvalue weighted by molar-refractivity contribution is -0.250. The molecule has 9 heteroatoms. The van der Waals surface area contributed by atoms with Gasteiger partial charge in [-0.2, -0.15) is 0 Å². The Kier molecular flexibility index (Phi) is 6.27. The summed E-state index contributed by atoms with van der Waals surface area (Å²) in [7, 11) is 0. The third-order valence-corrected chi connectivity index (χ3v) is 5.15. The van der Waals surface area contributed by atoms with E-state index < -0.39 is 60.7 Å². The molecule has 0 saturated carbocycles. The second-order valence-corrected chi connectivity index (χ2v) is 7.06. The van der Waals surface area contributed by atoms with Crippen LogP contribution >= 0.6 is 0 Å². The van der Waals surface area contributed by atoms with Crippen LogP contribution in [-0.2, 0) is 4.74 Å². The molecule has 5 N–H and O–H groups in total. The first-order valence-electron chi connectivity index (χ1n) is 8.89. The second kappa shape index (κ2) is 8.39. The Morgan fingerprint density at radius 1 is 0.931 bits per heavy atom. The van der Waals surface area contributed by atoms with E-state index in [9.17, 15) is 38.7 Å². The number of aryl methyl sites for hydroxylation is 1. The number of benzene rings is 2. The molecule has 1 fully saturated rings. The van der Waals surface area contributed by atoms with Crippen molar-refractivity contribution in [3.63, 3.8) is 0 Å². The van der Waals surface area contributed by atoms with E-state index in [-0.39, 0.29) is 5.56 Å². The van der Waals surface area contributed by atoms with Gasteiger partial charge in [0.15, 0.2) is 17.5 Å². The van der Waals surface area contributed by atoms with Crippen LogP contribution in [0.15, 0.2) is 30.3 Å². The van der Waals surface area contributed by atoms with Crippen LogP contribution in [0.1, 0.15) is 17.2 Å². The summed E-state index contributed by atoms with van der Waals surface area (Å²) < 4.78 is 45.5. The molecule has 158 valence electrons. The SMILES string of the molecule is Cc1cc(-c2cc(F)c(F)c(F)c2)ccc1C(O)[C@H]1O[C@H](CO)[C@@H](O)[C@H](O)[C@@H]1O. The van der Waals surface area contributed by atoms with Gasteiger partial charge in [0.25, 0.3) is 0 Å². The molecular formula is C20H21F3O6. The standard InChI is InChI=1S/C20H21F3O6/c1-8-4-9(10-5-12(21)15(23)13(22)6-10)2-3-11(8)16(25)20-19(28)18(27)17(26)14(7-24)29-20/h2-6,14,16-20,24-28H,7H2,1H3/t14-,16?,17-,18+,19+,20-/m1/s1. The minimum Gasteiger partial charge on any atom is -0.394 e. The van der Waals surface area contributed by atoms with Crippen molar-refractivity contribution in [1.82, 2.24) is 0 Å². The van der Waals surface area contributed by atoms with E-state index in [2.05, 4.69) is 0 Å². The Hall–Kier alpha value is -2.01. The van der Waals surface area contributed by atoms with Crippen LogP contribution in [0.2, 0.25) is 0 Å². The Bertz CT molecular complexity index is 868. The van der Waals surface area contributed by atoms with Crippen LogP contribution in [0, 0.1) is 24.4 Å². The molecule has 0 aromatic heterocycles. The van der Waals surface area contributed by atoms with Gasteiger partial charge in [-0.3, -0.25) is 0 Å². The average Bonchev–Trinajstić information content (AvgIpc) is 2.69. The van der Waals surface area contributed by atoms with E-state index in [1.54, 1.807) is 6.92 Å². The van der Waals surface area contributed by atoms with Gasteiger partial charge in [-0.1, -0.05) is 18.2 Å². The number of aliphatic hydroxyl groups excluding tert-OH is 5. The quantitative estimate of drug-likeness (QED) is 0.477. The van der Waals surface area contributed by atoms with Crippen molar-refractivity contribution in [2.24, 2.45) is 0 Å². The highest BCUT2D eigenvalue weighted by Crippen LogP contribution is 2.33. The average molecular weight is 414 g/mol. The number of aliphatic hydroxyl groups is 5. The Morgan fingerprint density at radius 3 is 2.10 bits per heavy atom. The molecule has 0 bridgehead atoms. The largest absolute Gasteiger partial charge is 0.394 e. The summed E-state index contributed by atoms with van der Waals surface area (Å²) in [6.07, 6.45) is -8.75. The molecule has 6 nitrogen and oxygen atoms in total. The van der Waals surface area contributed by atoms with Gasteiger partial charge in [-0.15, -0.1) is 0 Å². The molecule has 6 atom stereocenters. The molecule has 3 rings (SSSR count). The molecule has 1 saturated heterocycles. The maximum atomic E-state index is 13.5. The summed E-state index contributed by atoms with van der Waals surface area (Å²) in [6, 6.07) is 6.09. The molecule has 29 heavy (non-hydrogen) atoms. The van der Waals surface area contributed by atoms with Gasteiger partial charge in [-0.25, -0.2) is 13.2 Å². The van der Waals surface area contributed by atoms with Gasteiger partial charge in [0.2, 0.25) is 0 Å². The van der Waals surface area contributed by atoms with Crippen LogP contribution in [-0.4, -0.2) is 62.7 Å². The van der Waals surface area contributed by atoms with Crippen LogP contribution in [0.4, 0.5) is 13.2 Å². The number of halogens is 3. The lowest BCUT2D eigenvalue weighted by atomic mass is 9.88. The van der Waals surface area contributed by atoms with E-state index in [4.69, 9.17) is 4.74 Å². The maximum absolute atomic E-state index is 13.5. The van der Waals surface area contributed by atoms with E-state index in [0.29, 0.717) is 16.7 Å². The van der Waals surface area contributed by atoms with Crippen molar-refractivity contribution in [2.45, 2.75) is 43.5 Å². The summed E-state index contributed by atoms with van der Waals surface area (Å²) in [4.78, 5) is 0. The van der Waals surface area contributed by atoms with Gasteiger partial charge >= 0.3 is 0 Å². The fourth-order valence-electron chi connectivity index (χ4n) is 3.48. The van der Waals surface area contributed by atoms with E-state index >= 15 is 0 Å². The first-order valence-corrected chi connectivity index (χ1v) is 8.89. The molecule has 2 aromatic carbocycles. The molecule has 1 aliphatic heterocycles.